The maximum atomic E-state index is 12.2. The van der Waals surface area contributed by atoms with Crippen molar-refractivity contribution in [2.24, 2.45) is 14.1 Å². The molecule has 138 valence electrons. The van der Waals surface area contributed by atoms with Crippen molar-refractivity contribution in [3.05, 3.63) is 50.3 Å². The summed E-state index contributed by atoms with van der Waals surface area (Å²) in [6.07, 6.45) is -3.23. The highest BCUT2D eigenvalue weighted by Gasteiger charge is 2.28. The van der Waals surface area contributed by atoms with Crippen LogP contribution in [0.25, 0.3) is 0 Å². The number of nitrogens with one attached hydrogen (secondary N) is 1. The largest absolute Gasteiger partial charge is 0.468 e. The summed E-state index contributed by atoms with van der Waals surface area (Å²) in [6, 6.07) is 4.53. The summed E-state index contributed by atoms with van der Waals surface area (Å²) in [7, 11) is 2.64. The summed E-state index contributed by atoms with van der Waals surface area (Å²) in [5.74, 6) is -0.213. The molecule has 2 aromatic heterocycles. The Morgan fingerprint density at radius 1 is 1.31 bits per heavy atom. The molecule has 0 saturated heterocycles. The fourth-order valence-corrected chi connectivity index (χ4v) is 2.13. The zero-order valence-electron chi connectivity index (χ0n) is 13.8. The van der Waals surface area contributed by atoms with Crippen LogP contribution in [-0.2, 0) is 20.6 Å². The maximum absolute atomic E-state index is 12.2. The molecule has 0 fully saturated rings. The molecule has 0 aromatic carbocycles. The third-order valence-electron chi connectivity index (χ3n) is 3.42. The summed E-state index contributed by atoms with van der Waals surface area (Å²) in [4.78, 5) is 27.6. The van der Waals surface area contributed by atoms with Crippen LogP contribution in [0.3, 0.4) is 0 Å². The molecule has 0 atom stereocenters. The van der Waals surface area contributed by atoms with Crippen LogP contribution < -0.4 is 21.3 Å². The topological polar surface area (TPSA) is 102 Å². The first-order valence-electron chi connectivity index (χ1n) is 7.22. The van der Waals surface area contributed by atoms with Crippen LogP contribution in [0.5, 0.6) is 5.88 Å². The van der Waals surface area contributed by atoms with Gasteiger partial charge in [0.25, 0.3) is 5.56 Å². The van der Waals surface area contributed by atoms with Gasteiger partial charge in [0.1, 0.15) is 11.9 Å². The molecule has 0 aliphatic rings. The van der Waals surface area contributed by atoms with E-state index < -0.39 is 24.0 Å². The van der Waals surface area contributed by atoms with Gasteiger partial charge in [0, 0.05) is 32.9 Å². The minimum absolute atomic E-state index is 0.00942. The van der Waals surface area contributed by atoms with Crippen molar-refractivity contribution in [1.82, 2.24) is 14.1 Å². The van der Waals surface area contributed by atoms with Crippen molar-refractivity contribution >= 4 is 5.82 Å². The van der Waals surface area contributed by atoms with Gasteiger partial charge < -0.3 is 10.1 Å². The van der Waals surface area contributed by atoms with Gasteiger partial charge in [-0.15, -0.1) is 0 Å². The normalized spacial score (nSPS) is 11.1. The smallest absolute Gasteiger partial charge is 0.422 e. The van der Waals surface area contributed by atoms with E-state index in [1.807, 2.05) is 0 Å². The van der Waals surface area contributed by atoms with Crippen LogP contribution in [0.15, 0.2) is 27.9 Å². The van der Waals surface area contributed by atoms with Crippen LogP contribution in [0.1, 0.15) is 11.1 Å². The quantitative estimate of drug-likeness (QED) is 0.840. The SMILES string of the molecule is Cn1c(NCc2ccnc(OCC(F)(F)F)c2)c(C#N)c(=O)n(C)c1=O. The lowest BCUT2D eigenvalue weighted by atomic mass is 10.2. The Kier molecular flexibility index (Phi) is 5.35. The Morgan fingerprint density at radius 2 is 2.00 bits per heavy atom. The average Bonchev–Trinajstić information content (AvgIpc) is 2.60. The highest BCUT2D eigenvalue weighted by Crippen LogP contribution is 2.18. The summed E-state index contributed by atoms with van der Waals surface area (Å²) < 4.78 is 43.0. The lowest BCUT2D eigenvalue weighted by Gasteiger charge is -2.14. The predicted molar refractivity (Wildman–Crippen MR) is 84.8 cm³/mol. The Bertz CT molecular complexity index is 972. The minimum Gasteiger partial charge on any atom is -0.468 e. The molecule has 0 aliphatic carbocycles. The van der Waals surface area contributed by atoms with E-state index in [9.17, 15) is 28.0 Å². The second kappa shape index (κ2) is 7.30. The number of hydrogen-bond donors (Lipinski definition) is 1. The first-order chi connectivity index (χ1) is 12.1. The van der Waals surface area contributed by atoms with E-state index in [2.05, 4.69) is 15.0 Å². The Labute approximate surface area is 145 Å². The molecule has 2 heterocycles. The van der Waals surface area contributed by atoms with Gasteiger partial charge in [0.15, 0.2) is 12.2 Å². The molecule has 1 N–H and O–H groups in total. The first kappa shape index (κ1) is 19.0. The van der Waals surface area contributed by atoms with E-state index in [-0.39, 0.29) is 23.8 Å². The third-order valence-corrected chi connectivity index (χ3v) is 3.42. The number of nitriles is 1. The van der Waals surface area contributed by atoms with Crippen LogP contribution in [-0.4, -0.2) is 26.9 Å². The van der Waals surface area contributed by atoms with Crippen LogP contribution in [0.4, 0.5) is 19.0 Å². The number of alkyl halides is 3. The van der Waals surface area contributed by atoms with Gasteiger partial charge >= 0.3 is 11.9 Å². The summed E-state index contributed by atoms with van der Waals surface area (Å²) in [5, 5.41) is 12.0. The molecule has 2 aromatic rings. The Morgan fingerprint density at radius 3 is 2.62 bits per heavy atom. The van der Waals surface area contributed by atoms with Gasteiger partial charge in [0.2, 0.25) is 5.88 Å². The fourth-order valence-electron chi connectivity index (χ4n) is 2.13. The van der Waals surface area contributed by atoms with Crippen LogP contribution in [0, 0.1) is 11.3 Å². The Balaban J connectivity index is 2.24. The molecule has 8 nitrogen and oxygen atoms in total. The van der Waals surface area contributed by atoms with E-state index in [0.29, 0.717) is 5.56 Å². The monoisotopic (exact) mass is 369 g/mol. The lowest BCUT2D eigenvalue weighted by molar-refractivity contribution is -0.154. The summed E-state index contributed by atoms with van der Waals surface area (Å²) >= 11 is 0. The predicted octanol–water partition coefficient (Wildman–Crippen LogP) is 0.904. The molecule has 0 amide bonds. The average molecular weight is 369 g/mol. The molecule has 26 heavy (non-hydrogen) atoms. The highest BCUT2D eigenvalue weighted by molar-refractivity contribution is 5.51. The van der Waals surface area contributed by atoms with Gasteiger partial charge in [-0.25, -0.2) is 9.78 Å². The summed E-state index contributed by atoms with van der Waals surface area (Å²) in [6.45, 7) is -1.45. The number of hydrogen-bond acceptors (Lipinski definition) is 6. The van der Waals surface area contributed by atoms with Gasteiger partial charge in [0.05, 0.1) is 0 Å². The van der Waals surface area contributed by atoms with E-state index in [1.54, 1.807) is 6.07 Å². The van der Waals surface area contributed by atoms with Crippen molar-refractivity contribution < 1.29 is 17.9 Å². The van der Waals surface area contributed by atoms with E-state index >= 15 is 0 Å². The van der Waals surface area contributed by atoms with Gasteiger partial charge in [-0.2, -0.15) is 18.4 Å². The second-order valence-electron chi connectivity index (χ2n) is 5.30. The van der Waals surface area contributed by atoms with Crippen molar-refractivity contribution in [3.8, 4) is 11.9 Å². The standard InChI is InChI=1S/C15H14F3N5O3/c1-22-12(10(6-19)13(24)23(2)14(22)25)21-7-9-3-4-20-11(5-9)26-8-15(16,17)18/h3-5,21H,7-8H2,1-2H3. The number of pyridine rings is 1. The van der Waals surface area contributed by atoms with E-state index in [1.165, 1.54) is 32.4 Å². The van der Waals surface area contributed by atoms with Gasteiger partial charge in [-0.1, -0.05) is 0 Å². The molecule has 0 unspecified atom stereocenters. The first-order valence-corrected chi connectivity index (χ1v) is 7.22. The molecule has 0 saturated carbocycles. The number of ether oxygens (including phenoxy) is 1. The highest BCUT2D eigenvalue weighted by atomic mass is 19.4. The molecule has 0 radical (unpaired) electrons. The maximum Gasteiger partial charge on any atom is 0.422 e. The molecular weight excluding hydrogens is 355 g/mol. The fraction of sp³-hybridized carbons (Fsp3) is 0.333. The number of rotatable bonds is 5. The lowest BCUT2D eigenvalue weighted by Crippen LogP contribution is -2.39. The third kappa shape index (κ3) is 4.21. The zero-order chi connectivity index (χ0) is 19.5. The molecule has 0 aliphatic heterocycles. The molecule has 11 heteroatoms. The van der Waals surface area contributed by atoms with Crippen molar-refractivity contribution in [2.45, 2.75) is 12.7 Å². The number of aromatic nitrogens is 3. The van der Waals surface area contributed by atoms with Crippen LogP contribution >= 0.6 is 0 Å². The zero-order valence-corrected chi connectivity index (χ0v) is 13.8. The van der Waals surface area contributed by atoms with Gasteiger partial charge in [-0.05, 0) is 11.6 Å². The molecule has 0 bridgehead atoms. The van der Waals surface area contributed by atoms with E-state index in [0.717, 1.165) is 9.13 Å². The minimum atomic E-state index is -4.49. The van der Waals surface area contributed by atoms with Crippen molar-refractivity contribution in [2.75, 3.05) is 11.9 Å². The summed E-state index contributed by atoms with van der Waals surface area (Å²) in [5.41, 5.74) is -1.14. The van der Waals surface area contributed by atoms with Crippen molar-refractivity contribution in [1.29, 1.82) is 5.26 Å². The number of halogens is 3. The Hall–Kier alpha value is -3.29. The van der Waals surface area contributed by atoms with E-state index in [4.69, 9.17) is 0 Å². The van der Waals surface area contributed by atoms with Crippen molar-refractivity contribution in [3.63, 3.8) is 0 Å². The van der Waals surface area contributed by atoms with Crippen LogP contribution in [0.2, 0.25) is 0 Å². The number of anilines is 1. The number of nitrogens with zero attached hydrogens (tertiary/aromatic N) is 4. The second-order valence-corrected chi connectivity index (χ2v) is 5.30. The molecular formula is C15H14F3N5O3. The van der Waals surface area contributed by atoms with Gasteiger partial charge in [-0.3, -0.25) is 13.9 Å². The molecule has 0 spiro atoms. The molecule has 2 rings (SSSR count).